The van der Waals surface area contributed by atoms with Gasteiger partial charge in [-0.1, -0.05) is 29.4 Å². The van der Waals surface area contributed by atoms with Gasteiger partial charge in [0.15, 0.2) is 0 Å². The summed E-state index contributed by atoms with van der Waals surface area (Å²) < 4.78 is 1.03. The fraction of sp³-hybridized carbons (Fsp3) is 0.154. The number of hydrogen-bond donors (Lipinski definition) is 1. The van der Waals surface area contributed by atoms with Gasteiger partial charge >= 0.3 is 0 Å². The van der Waals surface area contributed by atoms with Crippen LogP contribution in [0, 0.1) is 0 Å². The Balaban J connectivity index is 2.22. The largest absolute Gasteiger partial charge is 0.324 e. The van der Waals surface area contributed by atoms with Crippen LogP contribution >= 0.6 is 39.3 Å². The van der Waals surface area contributed by atoms with Gasteiger partial charge in [-0.05, 0) is 52.7 Å². The van der Waals surface area contributed by atoms with E-state index in [1.165, 1.54) is 0 Å². The quantitative estimate of drug-likeness (QED) is 0.880. The van der Waals surface area contributed by atoms with Crippen LogP contribution < -0.4 is 5.73 Å². The van der Waals surface area contributed by atoms with Gasteiger partial charge < -0.3 is 5.73 Å². The summed E-state index contributed by atoms with van der Waals surface area (Å²) in [7, 11) is 0. The highest BCUT2D eigenvalue weighted by molar-refractivity contribution is 9.10. The highest BCUT2D eigenvalue weighted by Gasteiger charge is 2.06. The number of aromatic nitrogens is 1. The molecule has 18 heavy (non-hydrogen) atoms. The van der Waals surface area contributed by atoms with Gasteiger partial charge in [0, 0.05) is 21.6 Å². The van der Waals surface area contributed by atoms with Crippen LogP contribution in [-0.2, 0) is 0 Å². The predicted molar refractivity (Wildman–Crippen MR) is 80.1 cm³/mol. The van der Waals surface area contributed by atoms with E-state index in [1.807, 2.05) is 37.3 Å². The SMILES string of the molecule is C[C@H](N)c1ccc(Sc2ccc(Cl)cn2)c(Br)c1. The first-order valence-corrected chi connectivity index (χ1v) is 7.39. The second-order valence-electron chi connectivity index (χ2n) is 3.90. The summed E-state index contributed by atoms with van der Waals surface area (Å²) in [6.07, 6.45) is 1.65. The Morgan fingerprint density at radius 1 is 1.33 bits per heavy atom. The smallest absolute Gasteiger partial charge is 0.101 e. The van der Waals surface area contributed by atoms with Crippen molar-refractivity contribution in [3.63, 3.8) is 0 Å². The van der Waals surface area contributed by atoms with Crippen molar-refractivity contribution < 1.29 is 0 Å². The van der Waals surface area contributed by atoms with Crippen molar-refractivity contribution in [1.29, 1.82) is 0 Å². The lowest BCUT2D eigenvalue weighted by Gasteiger charge is -2.09. The molecule has 2 nitrogen and oxygen atoms in total. The van der Waals surface area contributed by atoms with E-state index >= 15 is 0 Å². The summed E-state index contributed by atoms with van der Waals surface area (Å²) in [4.78, 5) is 5.36. The standard InChI is InChI=1S/C13H12BrClN2S/c1-8(16)9-2-4-12(11(14)6-9)18-13-5-3-10(15)7-17-13/h2-8H,16H2,1H3/t8-/m0/s1. The lowest BCUT2D eigenvalue weighted by Crippen LogP contribution is -2.04. The zero-order valence-electron chi connectivity index (χ0n) is 9.73. The van der Waals surface area contributed by atoms with Crippen molar-refractivity contribution in [2.75, 3.05) is 0 Å². The Labute approximate surface area is 124 Å². The van der Waals surface area contributed by atoms with Gasteiger partial charge in [0.2, 0.25) is 0 Å². The van der Waals surface area contributed by atoms with Crippen LogP contribution in [0.15, 0.2) is 50.9 Å². The normalized spacial score (nSPS) is 12.4. The first-order valence-electron chi connectivity index (χ1n) is 5.40. The Morgan fingerprint density at radius 3 is 2.67 bits per heavy atom. The van der Waals surface area contributed by atoms with Gasteiger partial charge in [-0.15, -0.1) is 0 Å². The summed E-state index contributed by atoms with van der Waals surface area (Å²) in [6.45, 7) is 1.97. The highest BCUT2D eigenvalue weighted by Crippen LogP contribution is 2.34. The van der Waals surface area contributed by atoms with Crippen LogP contribution in [0.4, 0.5) is 0 Å². The van der Waals surface area contributed by atoms with E-state index in [4.69, 9.17) is 17.3 Å². The van der Waals surface area contributed by atoms with Gasteiger partial charge in [-0.25, -0.2) is 4.98 Å². The van der Waals surface area contributed by atoms with Gasteiger partial charge in [0.1, 0.15) is 5.03 Å². The molecule has 0 saturated heterocycles. The average molecular weight is 344 g/mol. The molecule has 5 heteroatoms. The molecule has 0 amide bonds. The monoisotopic (exact) mass is 342 g/mol. The molecule has 2 rings (SSSR count). The van der Waals surface area contributed by atoms with E-state index < -0.39 is 0 Å². The third kappa shape index (κ3) is 3.48. The van der Waals surface area contributed by atoms with Crippen LogP contribution in [0.1, 0.15) is 18.5 Å². The number of rotatable bonds is 3. The first-order chi connectivity index (χ1) is 8.56. The molecule has 1 aromatic carbocycles. The molecule has 0 aliphatic heterocycles. The lowest BCUT2D eigenvalue weighted by molar-refractivity contribution is 0.815. The number of nitrogens with two attached hydrogens (primary N) is 1. The molecule has 94 valence electrons. The number of nitrogens with zero attached hydrogens (tertiary/aromatic N) is 1. The highest BCUT2D eigenvalue weighted by atomic mass is 79.9. The minimum atomic E-state index is 0.0361. The minimum absolute atomic E-state index is 0.0361. The number of benzene rings is 1. The molecule has 1 atom stereocenters. The third-order valence-electron chi connectivity index (χ3n) is 2.40. The maximum atomic E-state index is 5.85. The molecule has 2 N–H and O–H groups in total. The molecule has 1 aromatic heterocycles. The molecule has 0 saturated carbocycles. The summed E-state index contributed by atoms with van der Waals surface area (Å²) in [5.74, 6) is 0. The molecule has 2 aromatic rings. The summed E-state index contributed by atoms with van der Waals surface area (Å²) in [6, 6.07) is 9.90. The van der Waals surface area contributed by atoms with Crippen LogP contribution in [0.5, 0.6) is 0 Å². The Morgan fingerprint density at radius 2 is 2.11 bits per heavy atom. The molecule has 0 bridgehead atoms. The van der Waals surface area contributed by atoms with E-state index in [2.05, 4.69) is 20.9 Å². The minimum Gasteiger partial charge on any atom is -0.324 e. The molecule has 0 aliphatic carbocycles. The fourth-order valence-corrected chi connectivity index (χ4v) is 2.93. The topological polar surface area (TPSA) is 38.9 Å². The van der Waals surface area contributed by atoms with Crippen molar-refractivity contribution in [2.45, 2.75) is 22.9 Å². The molecule has 0 unspecified atom stereocenters. The molecule has 1 heterocycles. The van der Waals surface area contributed by atoms with Crippen LogP contribution in [-0.4, -0.2) is 4.98 Å². The number of hydrogen-bond acceptors (Lipinski definition) is 3. The van der Waals surface area contributed by atoms with Crippen molar-refractivity contribution in [2.24, 2.45) is 5.73 Å². The van der Waals surface area contributed by atoms with E-state index in [1.54, 1.807) is 18.0 Å². The van der Waals surface area contributed by atoms with Gasteiger partial charge in [0.05, 0.1) is 5.02 Å². The second-order valence-corrected chi connectivity index (χ2v) is 6.25. The first kappa shape index (κ1) is 13.9. The fourth-order valence-electron chi connectivity index (χ4n) is 1.42. The van der Waals surface area contributed by atoms with Gasteiger partial charge in [-0.2, -0.15) is 0 Å². The van der Waals surface area contributed by atoms with E-state index in [0.717, 1.165) is 20.0 Å². The zero-order chi connectivity index (χ0) is 13.1. The van der Waals surface area contributed by atoms with Crippen LogP contribution in [0.2, 0.25) is 5.02 Å². The summed E-state index contributed by atoms with van der Waals surface area (Å²) in [5.41, 5.74) is 6.95. The molecule has 0 radical (unpaired) electrons. The van der Waals surface area contributed by atoms with Crippen molar-refractivity contribution >= 4 is 39.3 Å². The Bertz CT molecular complexity index is 543. The van der Waals surface area contributed by atoms with Crippen molar-refractivity contribution in [3.8, 4) is 0 Å². The maximum absolute atomic E-state index is 5.85. The van der Waals surface area contributed by atoms with Crippen LogP contribution in [0.25, 0.3) is 0 Å². The Kier molecular flexibility index (Phi) is 4.67. The van der Waals surface area contributed by atoms with E-state index in [-0.39, 0.29) is 6.04 Å². The summed E-state index contributed by atoms with van der Waals surface area (Å²) >= 11 is 10.9. The number of pyridine rings is 1. The third-order valence-corrected chi connectivity index (χ3v) is 4.57. The molecule has 0 fully saturated rings. The van der Waals surface area contributed by atoms with E-state index in [9.17, 15) is 0 Å². The molecule has 0 spiro atoms. The second kappa shape index (κ2) is 6.06. The van der Waals surface area contributed by atoms with Gasteiger partial charge in [0.25, 0.3) is 0 Å². The van der Waals surface area contributed by atoms with E-state index in [0.29, 0.717) is 5.02 Å². The maximum Gasteiger partial charge on any atom is 0.101 e. The Hall–Kier alpha value is -0.550. The van der Waals surface area contributed by atoms with Crippen molar-refractivity contribution in [3.05, 3.63) is 51.6 Å². The molecule has 0 aliphatic rings. The van der Waals surface area contributed by atoms with Crippen molar-refractivity contribution in [1.82, 2.24) is 4.98 Å². The molecular weight excluding hydrogens is 332 g/mol. The lowest BCUT2D eigenvalue weighted by atomic mass is 10.1. The molecular formula is C13H12BrClN2S. The zero-order valence-corrected chi connectivity index (χ0v) is 12.9. The summed E-state index contributed by atoms with van der Waals surface area (Å²) in [5, 5.41) is 1.55. The average Bonchev–Trinajstić information content (AvgIpc) is 2.34. The van der Waals surface area contributed by atoms with Crippen LogP contribution in [0.3, 0.4) is 0 Å². The van der Waals surface area contributed by atoms with Gasteiger partial charge in [-0.3, -0.25) is 0 Å². The predicted octanol–water partition coefficient (Wildman–Crippen LogP) is 4.67. The number of halogens is 2.